The monoisotopic (exact) mass is 478 g/mol. The number of rotatable bonds is 14. The molecule has 35 heavy (non-hydrogen) atoms. The van der Waals surface area contributed by atoms with Gasteiger partial charge in [0.15, 0.2) is 17.3 Å². The van der Waals surface area contributed by atoms with Gasteiger partial charge in [-0.2, -0.15) is 0 Å². The third-order valence-corrected chi connectivity index (χ3v) is 5.40. The van der Waals surface area contributed by atoms with Crippen LogP contribution in [0.5, 0.6) is 11.5 Å². The van der Waals surface area contributed by atoms with Gasteiger partial charge in [0.25, 0.3) is 0 Å². The third-order valence-electron chi connectivity index (χ3n) is 5.40. The van der Waals surface area contributed by atoms with Gasteiger partial charge in [0.1, 0.15) is 25.4 Å². The van der Waals surface area contributed by atoms with Crippen LogP contribution in [0.1, 0.15) is 18.4 Å². The summed E-state index contributed by atoms with van der Waals surface area (Å²) in [6.45, 7) is 1.52. The maximum Gasteiger partial charge on any atom is 0.162 e. The lowest BCUT2D eigenvalue weighted by molar-refractivity contribution is -0.121. The topological polar surface area (TPSA) is 117 Å². The number of anilines is 2. The molecule has 0 spiro atoms. The molecule has 0 bridgehead atoms. The molecular formula is C26H30N4O5. The summed E-state index contributed by atoms with van der Waals surface area (Å²) in [5, 5.41) is 22.3. The van der Waals surface area contributed by atoms with Crippen LogP contribution in [-0.4, -0.2) is 77.4 Å². The summed E-state index contributed by atoms with van der Waals surface area (Å²) < 4.78 is 11.5. The molecule has 0 amide bonds. The van der Waals surface area contributed by atoms with E-state index in [0.29, 0.717) is 61.9 Å². The summed E-state index contributed by atoms with van der Waals surface area (Å²) in [7, 11) is 1.57. The number of ether oxygens (including phenoxy) is 2. The maximum absolute atomic E-state index is 11.3. The maximum atomic E-state index is 11.3. The lowest BCUT2D eigenvalue weighted by atomic mass is 10.2. The minimum atomic E-state index is -0.444. The molecule has 1 aromatic heterocycles. The number of methoxy groups -OCH3 is 1. The molecular weight excluding hydrogens is 448 g/mol. The summed E-state index contributed by atoms with van der Waals surface area (Å²) in [4.78, 5) is 22.1. The molecule has 0 atom stereocenters. The van der Waals surface area contributed by atoms with Crippen LogP contribution in [0.15, 0.2) is 42.7 Å². The van der Waals surface area contributed by atoms with Crippen molar-refractivity contribution in [1.82, 2.24) is 14.9 Å². The number of hydrogen-bond acceptors (Lipinski definition) is 9. The molecule has 0 saturated carbocycles. The molecule has 0 fully saturated rings. The van der Waals surface area contributed by atoms with E-state index in [-0.39, 0.29) is 12.4 Å². The van der Waals surface area contributed by atoms with Gasteiger partial charge in [-0.15, -0.1) is 6.42 Å². The summed E-state index contributed by atoms with van der Waals surface area (Å²) in [6, 6.07) is 11.1. The second-order valence-corrected chi connectivity index (χ2v) is 7.81. The Morgan fingerprint density at radius 1 is 1.14 bits per heavy atom. The first-order valence-corrected chi connectivity index (χ1v) is 11.3. The predicted octanol–water partition coefficient (Wildman–Crippen LogP) is 2.38. The van der Waals surface area contributed by atoms with Gasteiger partial charge in [0, 0.05) is 42.2 Å². The Balaban J connectivity index is 1.74. The summed E-state index contributed by atoms with van der Waals surface area (Å²) in [5.74, 6) is 4.11. The fraction of sp³-hybridized carbons (Fsp3) is 0.346. The van der Waals surface area contributed by atoms with E-state index in [1.54, 1.807) is 13.2 Å². The zero-order valence-electron chi connectivity index (χ0n) is 19.7. The van der Waals surface area contributed by atoms with Crippen LogP contribution in [0.4, 0.5) is 11.5 Å². The lowest BCUT2D eigenvalue weighted by Crippen LogP contribution is -2.32. The van der Waals surface area contributed by atoms with Crippen LogP contribution < -0.4 is 14.8 Å². The Kier molecular flexibility index (Phi) is 9.80. The quantitative estimate of drug-likeness (QED) is 0.300. The predicted molar refractivity (Wildman–Crippen MR) is 134 cm³/mol. The van der Waals surface area contributed by atoms with E-state index in [1.807, 2.05) is 35.2 Å². The summed E-state index contributed by atoms with van der Waals surface area (Å²) >= 11 is 0. The molecule has 0 aliphatic heterocycles. The number of aliphatic hydroxyl groups is 2. The van der Waals surface area contributed by atoms with E-state index in [1.165, 1.54) is 6.33 Å². The van der Waals surface area contributed by atoms with Crippen LogP contribution in [0.2, 0.25) is 0 Å². The lowest BCUT2D eigenvalue weighted by Gasteiger charge is -2.21. The Bertz CT molecular complexity index is 1180. The van der Waals surface area contributed by atoms with Crippen LogP contribution in [0.25, 0.3) is 10.9 Å². The molecule has 0 radical (unpaired) electrons. The highest BCUT2D eigenvalue weighted by atomic mass is 16.5. The molecule has 0 unspecified atom stereocenters. The molecule has 9 nitrogen and oxygen atoms in total. The SMILES string of the molecule is C#Cc1cccc(Nc2ncnc3cc(OC)c(OCCN(CCO)CCCC(=O)CO)cc23)c1. The van der Waals surface area contributed by atoms with Gasteiger partial charge in [-0.1, -0.05) is 12.0 Å². The zero-order valence-corrected chi connectivity index (χ0v) is 19.7. The average molecular weight is 479 g/mol. The van der Waals surface area contributed by atoms with Crippen molar-refractivity contribution in [2.75, 3.05) is 51.9 Å². The van der Waals surface area contributed by atoms with Crippen LogP contribution in [-0.2, 0) is 4.79 Å². The number of aliphatic hydroxyl groups excluding tert-OH is 2. The van der Waals surface area contributed by atoms with E-state index >= 15 is 0 Å². The van der Waals surface area contributed by atoms with E-state index in [4.69, 9.17) is 21.0 Å². The Morgan fingerprint density at radius 3 is 2.74 bits per heavy atom. The molecule has 3 aromatic rings. The fourth-order valence-electron chi connectivity index (χ4n) is 3.60. The third kappa shape index (κ3) is 7.39. The van der Waals surface area contributed by atoms with Crippen molar-refractivity contribution < 1.29 is 24.5 Å². The number of carbonyl (C=O) groups is 1. The number of aromatic nitrogens is 2. The average Bonchev–Trinajstić information content (AvgIpc) is 2.88. The van der Waals surface area contributed by atoms with E-state index in [0.717, 1.165) is 16.6 Å². The van der Waals surface area contributed by atoms with E-state index < -0.39 is 6.61 Å². The molecule has 9 heteroatoms. The highest BCUT2D eigenvalue weighted by molar-refractivity contribution is 5.93. The van der Waals surface area contributed by atoms with Crippen molar-refractivity contribution in [3.05, 3.63) is 48.3 Å². The fourth-order valence-corrected chi connectivity index (χ4v) is 3.60. The number of Topliss-reactive ketones (excluding diaryl/α,β-unsaturated/α-hetero) is 1. The molecule has 1 heterocycles. The van der Waals surface area contributed by atoms with Gasteiger partial charge >= 0.3 is 0 Å². The normalized spacial score (nSPS) is 10.8. The largest absolute Gasteiger partial charge is 0.493 e. The number of hydrogen-bond donors (Lipinski definition) is 3. The second-order valence-electron chi connectivity index (χ2n) is 7.81. The number of ketones is 1. The Labute approximate surface area is 204 Å². The van der Waals surface area contributed by atoms with Crippen molar-refractivity contribution >= 4 is 28.2 Å². The molecule has 0 saturated heterocycles. The van der Waals surface area contributed by atoms with Gasteiger partial charge in [-0.3, -0.25) is 9.69 Å². The molecule has 184 valence electrons. The molecule has 2 aromatic carbocycles. The first kappa shape index (κ1) is 25.9. The van der Waals surface area contributed by atoms with Crippen molar-refractivity contribution in [2.45, 2.75) is 12.8 Å². The highest BCUT2D eigenvalue weighted by Crippen LogP contribution is 2.34. The standard InChI is InChI=1S/C26H30N4O5/c1-3-19-6-4-7-20(14-19)29-26-22-15-25(24(34-2)16-23(22)27-18-28-26)35-13-11-30(10-12-31)9-5-8-21(33)17-32/h1,4,6-7,14-16,18,31-32H,5,8-13,17H2,2H3,(H,27,28,29). The van der Waals surface area contributed by atoms with Gasteiger partial charge in [0.05, 0.1) is 19.2 Å². The Morgan fingerprint density at radius 2 is 2.00 bits per heavy atom. The molecule has 3 rings (SSSR count). The highest BCUT2D eigenvalue weighted by Gasteiger charge is 2.13. The summed E-state index contributed by atoms with van der Waals surface area (Å²) in [6.07, 6.45) is 7.89. The minimum absolute atomic E-state index is 0.000483. The van der Waals surface area contributed by atoms with Crippen LogP contribution in [0, 0.1) is 12.3 Å². The summed E-state index contributed by atoms with van der Waals surface area (Å²) in [5.41, 5.74) is 2.25. The first-order valence-electron chi connectivity index (χ1n) is 11.3. The van der Waals surface area contributed by atoms with Crippen molar-refractivity contribution in [3.63, 3.8) is 0 Å². The van der Waals surface area contributed by atoms with E-state index in [2.05, 4.69) is 21.2 Å². The smallest absolute Gasteiger partial charge is 0.162 e. The van der Waals surface area contributed by atoms with Crippen LogP contribution in [0.3, 0.4) is 0 Å². The number of terminal acetylenes is 1. The first-order chi connectivity index (χ1) is 17.1. The minimum Gasteiger partial charge on any atom is -0.493 e. The van der Waals surface area contributed by atoms with E-state index in [9.17, 15) is 9.90 Å². The Hall–Kier alpha value is -3.71. The molecule has 3 N–H and O–H groups in total. The second kappa shape index (κ2) is 13.2. The molecule has 0 aliphatic rings. The van der Waals surface area contributed by atoms with Crippen molar-refractivity contribution in [3.8, 4) is 23.8 Å². The molecule has 0 aliphatic carbocycles. The number of nitrogens with one attached hydrogen (secondary N) is 1. The van der Waals surface area contributed by atoms with Gasteiger partial charge in [-0.25, -0.2) is 9.97 Å². The van der Waals surface area contributed by atoms with Crippen LogP contribution >= 0.6 is 0 Å². The number of fused-ring (bicyclic) bond motifs is 1. The van der Waals surface area contributed by atoms with Gasteiger partial charge in [-0.05, 0) is 37.2 Å². The van der Waals surface area contributed by atoms with Crippen molar-refractivity contribution in [2.24, 2.45) is 0 Å². The number of nitrogens with zero attached hydrogens (tertiary/aromatic N) is 3. The van der Waals surface area contributed by atoms with Gasteiger partial charge < -0.3 is 25.0 Å². The van der Waals surface area contributed by atoms with Crippen molar-refractivity contribution in [1.29, 1.82) is 0 Å². The number of carbonyl (C=O) groups excluding carboxylic acids is 1. The van der Waals surface area contributed by atoms with Gasteiger partial charge in [0.2, 0.25) is 0 Å². The zero-order chi connectivity index (χ0) is 25.0. The number of benzene rings is 2.